The molecule has 0 spiro atoms. The molecule has 4 rings (SSSR count). The summed E-state index contributed by atoms with van der Waals surface area (Å²) in [6.45, 7) is 5.55. The fourth-order valence-corrected chi connectivity index (χ4v) is 4.82. The molecule has 2 aromatic heterocycles. The summed E-state index contributed by atoms with van der Waals surface area (Å²) in [5.74, 6) is 1.96. The smallest absolute Gasteiger partial charge is 0.264 e. The van der Waals surface area contributed by atoms with Crippen LogP contribution in [-0.2, 0) is 12.8 Å². The van der Waals surface area contributed by atoms with Gasteiger partial charge in [0.2, 0.25) is 0 Å². The standard InChI is InChI=1S/C19H23N3OS/c1-14-5-6-16-15(12-14)13-17(24-16)19(23)22-10-8-21(9-11-22)18-4-2-3-7-20-18/h2-4,7,13-14H,5-6,8-12H2,1H3. The SMILES string of the molecule is CC1CCc2sc(C(=O)N3CCN(c4ccccn4)CC3)cc2C1. The highest BCUT2D eigenvalue weighted by Crippen LogP contribution is 2.32. The Hall–Kier alpha value is -1.88. The normalized spacial score (nSPS) is 20.8. The average Bonchev–Trinajstić information content (AvgIpc) is 3.05. The second kappa shape index (κ2) is 6.55. The zero-order valence-electron chi connectivity index (χ0n) is 14.1. The first-order valence-electron chi connectivity index (χ1n) is 8.77. The van der Waals surface area contributed by atoms with Crippen molar-refractivity contribution >= 4 is 23.1 Å². The van der Waals surface area contributed by atoms with E-state index in [9.17, 15) is 4.79 Å². The van der Waals surface area contributed by atoms with Gasteiger partial charge >= 0.3 is 0 Å². The highest BCUT2D eigenvalue weighted by Gasteiger charge is 2.26. The molecule has 4 nitrogen and oxygen atoms in total. The number of nitrogens with zero attached hydrogens (tertiary/aromatic N) is 3. The van der Waals surface area contributed by atoms with Crippen molar-refractivity contribution in [1.82, 2.24) is 9.88 Å². The molecule has 0 radical (unpaired) electrons. The largest absolute Gasteiger partial charge is 0.353 e. The lowest BCUT2D eigenvalue weighted by Gasteiger charge is -2.35. The molecule has 0 saturated carbocycles. The first-order chi connectivity index (χ1) is 11.7. The van der Waals surface area contributed by atoms with Crippen LogP contribution in [0.25, 0.3) is 0 Å². The lowest BCUT2D eigenvalue weighted by atomic mass is 9.90. The topological polar surface area (TPSA) is 36.4 Å². The van der Waals surface area contributed by atoms with Crippen molar-refractivity contribution in [3.8, 4) is 0 Å². The number of fused-ring (bicyclic) bond motifs is 1. The Balaban J connectivity index is 1.42. The fraction of sp³-hybridized carbons (Fsp3) is 0.474. The number of rotatable bonds is 2. The number of hydrogen-bond donors (Lipinski definition) is 0. The van der Waals surface area contributed by atoms with Crippen molar-refractivity contribution in [2.24, 2.45) is 5.92 Å². The fourth-order valence-electron chi connectivity index (χ4n) is 3.65. The van der Waals surface area contributed by atoms with Crippen molar-refractivity contribution in [3.63, 3.8) is 0 Å². The minimum absolute atomic E-state index is 0.211. The van der Waals surface area contributed by atoms with E-state index in [4.69, 9.17) is 0 Å². The van der Waals surface area contributed by atoms with E-state index in [0.717, 1.165) is 55.6 Å². The van der Waals surface area contributed by atoms with Crippen LogP contribution in [0.4, 0.5) is 5.82 Å². The molecule has 1 atom stereocenters. The molecule has 5 heteroatoms. The van der Waals surface area contributed by atoms with E-state index in [1.54, 1.807) is 11.3 Å². The van der Waals surface area contributed by atoms with Crippen LogP contribution in [0.2, 0.25) is 0 Å². The molecule has 1 aliphatic heterocycles. The number of piperazine rings is 1. The van der Waals surface area contributed by atoms with Crippen LogP contribution in [0.15, 0.2) is 30.5 Å². The molecule has 1 unspecified atom stereocenters. The Morgan fingerprint density at radius 1 is 1.25 bits per heavy atom. The molecule has 0 N–H and O–H groups in total. The van der Waals surface area contributed by atoms with Crippen molar-refractivity contribution < 1.29 is 4.79 Å². The highest BCUT2D eigenvalue weighted by atomic mass is 32.1. The Morgan fingerprint density at radius 2 is 2.08 bits per heavy atom. The van der Waals surface area contributed by atoms with E-state index in [1.165, 1.54) is 16.9 Å². The molecule has 1 aliphatic carbocycles. The molecular weight excluding hydrogens is 318 g/mol. The van der Waals surface area contributed by atoms with Gasteiger partial charge in [0, 0.05) is 37.3 Å². The second-order valence-electron chi connectivity index (χ2n) is 6.87. The predicted molar refractivity (Wildman–Crippen MR) is 97.9 cm³/mol. The number of carbonyl (C=O) groups excluding carboxylic acids is 1. The Labute approximate surface area is 147 Å². The van der Waals surface area contributed by atoms with Gasteiger partial charge in [0.15, 0.2) is 0 Å². The number of thiophene rings is 1. The van der Waals surface area contributed by atoms with Crippen LogP contribution < -0.4 is 4.90 Å². The number of carbonyl (C=O) groups is 1. The number of anilines is 1. The summed E-state index contributed by atoms with van der Waals surface area (Å²) in [6.07, 6.45) is 5.35. The van der Waals surface area contributed by atoms with Gasteiger partial charge < -0.3 is 9.80 Å². The molecule has 1 saturated heterocycles. The van der Waals surface area contributed by atoms with Crippen molar-refractivity contribution in [3.05, 3.63) is 45.8 Å². The van der Waals surface area contributed by atoms with Gasteiger partial charge in [-0.15, -0.1) is 11.3 Å². The van der Waals surface area contributed by atoms with E-state index >= 15 is 0 Å². The van der Waals surface area contributed by atoms with Crippen LogP contribution in [0, 0.1) is 5.92 Å². The van der Waals surface area contributed by atoms with Gasteiger partial charge in [0.05, 0.1) is 4.88 Å². The molecule has 1 amide bonds. The maximum absolute atomic E-state index is 12.8. The Kier molecular flexibility index (Phi) is 4.27. The maximum Gasteiger partial charge on any atom is 0.264 e. The summed E-state index contributed by atoms with van der Waals surface area (Å²) < 4.78 is 0. The summed E-state index contributed by atoms with van der Waals surface area (Å²) in [5, 5.41) is 0. The van der Waals surface area contributed by atoms with E-state index in [2.05, 4.69) is 22.9 Å². The molecule has 126 valence electrons. The number of hydrogen-bond acceptors (Lipinski definition) is 4. The Bertz CT molecular complexity index is 719. The second-order valence-corrected chi connectivity index (χ2v) is 8.01. The monoisotopic (exact) mass is 341 g/mol. The molecule has 0 aromatic carbocycles. The van der Waals surface area contributed by atoms with Gasteiger partial charge in [-0.3, -0.25) is 4.79 Å². The van der Waals surface area contributed by atoms with E-state index in [1.807, 2.05) is 29.3 Å². The van der Waals surface area contributed by atoms with Gasteiger partial charge in [-0.1, -0.05) is 13.0 Å². The first kappa shape index (κ1) is 15.6. The van der Waals surface area contributed by atoms with Crippen LogP contribution in [0.1, 0.15) is 33.5 Å². The summed E-state index contributed by atoms with van der Waals surface area (Å²) in [4.78, 5) is 23.9. The third-order valence-electron chi connectivity index (χ3n) is 5.08. The molecule has 1 fully saturated rings. The lowest BCUT2D eigenvalue weighted by molar-refractivity contribution is 0.0751. The van der Waals surface area contributed by atoms with Crippen LogP contribution in [-0.4, -0.2) is 42.0 Å². The predicted octanol–water partition coefficient (Wildman–Crippen LogP) is 3.23. The molecule has 3 heterocycles. The minimum atomic E-state index is 0.211. The molecule has 24 heavy (non-hydrogen) atoms. The molecule has 2 aromatic rings. The number of aryl methyl sites for hydroxylation is 1. The van der Waals surface area contributed by atoms with Gasteiger partial charge in [-0.25, -0.2) is 4.98 Å². The molecular formula is C19H23N3OS. The van der Waals surface area contributed by atoms with Gasteiger partial charge in [-0.2, -0.15) is 0 Å². The maximum atomic E-state index is 12.8. The number of pyridine rings is 1. The lowest BCUT2D eigenvalue weighted by Crippen LogP contribution is -2.48. The summed E-state index contributed by atoms with van der Waals surface area (Å²) >= 11 is 1.72. The quantitative estimate of drug-likeness (QED) is 0.841. The van der Waals surface area contributed by atoms with Gasteiger partial charge in [0.1, 0.15) is 5.82 Å². The van der Waals surface area contributed by atoms with Crippen molar-refractivity contribution in [2.45, 2.75) is 26.2 Å². The van der Waals surface area contributed by atoms with Crippen LogP contribution in [0.5, 0.6) is 0 Å². The van der Waals surface area contributed by atoms with Crippen LogP contribution in [0.3, 0.4) is 0 Å². The van der Waals surface area contributed by atoms with Gasteiger partial charge in [0.25, 0.3) is 5.91 Å². The van der Waals surface area contributed by atoms with Gasteiger partial charge in [-0.05, 0) is 48.9 Å². The number of aromatic nitrogens is 1. The minimum Gasteiger partial charge on any atom is -0.353 e. The third kappa shape index (κ3) is 3.05. The van der Waals surface area contributed by atoms with E-state index in [-0.39, 0.29) is 5.91 Å². The molecule has 0 bridgehead atoms. The van der Waals surface area contributed by atoms with E-state index in [0.29, 0.717) is 0 Å². The summed E-state index contributed by atoms with van der Waals surface area (Å²) in [6, 6.07) is 8.13. The third-order valence-corrected chi connectivity index (χ3v) is 6.31. The first-order valence-corrected chi connectivity index (χ1v) is 9.59. The summed E-state index contributed by atoms with van der Waals surface area (Å²) in [5.41, 5.74) is 1.41. The molecule has 2 aliphatic rings. The zero-order valence-corrected chi connectivity index (χ0v) is 14.9. The van der Waals surface area contributed by atoms with Crippen molar-refractivity contribution in [1.29, 1.82) is 0 Å². The average molecular weight is 341 g/mol. The number of amides is 1. The highest BCUT2D eigenvalue weighted by molar-refractivity contribution is 7.14. The van der Waals surface area contributed by atoms with E-state index < -0.39 is 0 Å². The Morgan fingerprint density at radius 3 is 2.83 bits per heavy atom. The zero-order chi connectivity index (χ0) is 16.5. The van der Waals surface area contributed by atoms with Crippen LogP contribution >= 0.6 is 11.3 Å². The van der Waals surface area contributed by atoms with Crippen molar-refractivity contribution in [2.75, 3.05) is 31.1 Å². The summed E-state index contributed by atoms with van der Waals surface area (Å²) in [7, 11) is 0.